The van der Waals surface area contributed by atoms with Gasteiger partial charge in [-0.15, -0.1) is 0 Å². The predicted octanol–water partition coefficient (Wildman–Crippen LogP) is 0.340. The minimum absolute atomic E-state index is 0.391. The highest BCUT2D eigenvalue weighted by molar-refractivity contribution is 6.58. The monoisotopic (exact) mass is 229 g/mol. The molecule has 0 saturated carbocycles. The van der Waals surface area contributed by atoms with Gasteiger partial charge in [-0.2, -0.15) is 0 Å². The minimum atomic E-state index is -1.44. The Bertz CT molecular complexity index is 459. The molecule has 86 valence electrons. The quantitative estimate of drug-likeness (QED) is 0.742. The average molecular weight is 229 g/mol. The van der Waals surface area contributed by atoms with Gasteiger partial charge in [-0.3, -0.25) is 4.98 Å². The molecule has 0 saturated heterocycles. The van der Waals surface area contributed by atoms with Crippen molar-refractivity contribution in [3.63, 3.8) is 0 Å². The molecular weight excluding hydrogens is 217 g/mol. The van der Waals surface area contributed by atoms with Crippen molar-refractivity contribution in [3.8, 4) is 5.75 Å². The van der Waals surface area contributed by atoms with Gasteiger partial charge in [-0.05, 0) is 29.7 Å². The summed E-state index contributed by atoms with van der Waals surface area (Å²) >= 11 is 0. The molecule has 0 atom stereocenters. The van der Waals surface area contributed by atoms with E-state index in [1.807, 2.05) is 18.2 Å². The first-order chi connectivity index (χ1) is 8.25. The van der Waals surface area contributed by atoms with E-state index in [2.05, 4.69) is 4.98 Å². The summed E-state index contributed by atoms with van der Waals surface area (Å²) in [5, 5.41) is 17.9. The summed E-state index contributed by atoms with van der Waals surface area (Å²) < 4.78 is 5.50. The molecule has 0 unspecified atom stereocenters. The molecule has 1 heterocycles. The van der Waals surface area contributed by atoms with E-state index in [1.54, 1.807) is 30.5 Å². The number of hydrogen-bond donors (Lipinski definition) is 2. The lowest BCUT2D eigenvalue weighted by atomic mass is 9.80. The van der Waals surface area contributed by atoms with Crippen LogP contribution in [0.2, 0.25) is 0 Å². The molecule has 0 spiro atoms. The summed E-state index contributed by atoms with van der Waals surface area (Å²) in [6.45, 7) is 0.391. The van der Waals surface area contributed by atoms with Crippen LogP contribution in [0, 0.1) is 0 Å². The van der Waals surface area contributed by atoms with E-state index in [-0.39, 0.29) is 0 Å². The Morgan fingerprint density at radius 3 is 2.41 bits per heavy atom. The van der Waals surface area contributed by atoms with Gasteiger partial charge in [0.2, 0.25) is 0 Å². The van der Waals surface area contributed by atoms with Crippen molar-refractivity contribution in [3.05, 3.63) is 54.4 Å². The molecular formula is C12H12BNO3. The molecule has 2 N–H and O–H groups in total. The fraction of sp³-hybridized carbons (Fsp3) is 0.0833. The second kappa shape index (κ2) is 5.47. The second-order valence-corrected chi connectivity index (χ2v) is 3.55. The van der Waals surface area contributed by atoms with E-state index in [0.717, 1.165) is 5.69 Å². The van der Waals surface area contributed by atoms with Crippen molar-refractivity contribution in [2.45, 2.75) is 6.61 Å². The zero-order valence-electron chi connectivity index (χ0n) is 9.15. The Kier molecular flexibility index (Phi) is 3.75. The number of benzene rings is 1. The van der Waals surface area contributed by atoms with Crippen LogP contribution in [0.1, 0.15) is 5.69 Å². The van der Waals surface area contributed by atoms with E-state index in [0.29, 0.717) is 17.8 Å². The van der Waals surface area contributed by atoms with Crippen LogP contribution in [0.3, 0.4) is 0 Å². The molecule has 1 aromatic heterocycles. The Morgan fingerprint density at radius 1 is 1.06 bits per heavy atom. The molecule has 0 aliphatic rings. The smallest absolute Gasteiger partial charge is 0.487 e. The maximum absolute atomic E-state index is 8.93. The lowest BCUT2D eigenvalue weighted by Crippen LogP contribution is -2.29. The molecule has 2 aromatic rings. The zero-order chi connectivity index (χ0) is 12.1. The lowest BCUT2D eigenvalue weighted by Gasteiger charge is -2.06. The molecule has 0 radical (unpaired) electrons. The van der Waals surface area contributed by atoms with Crippen LogP contribution in [0.4, 0.5) is 0 Å². The average Bonchev–Trinajstić information content (AvgIpc) is 2.38. The third kappa shape index (κ3) is 3.30. The van der Waals surface area contributed by atoms with Gasteiger partial charge in [-0.25, -0.2) is 0 Å². The second-order valence-electron chi connectivity index (χ2n) is 3.55. The largest absolute Gasteiger partial charge is 0.488 e. The third-order valence-electron chi connectivity index (χ3n) is 2.29. The normalized spacial score (nSPS) is 10.0. The van der Waals surface area contributed by atoms with Gasteiger partial charge >= 0.3 is 7.12 Å². The van der Waals surface area contributed by atoms with E-state index in [4.69, 9.17) is 14.8 Å². The summed E-state index contributed by atoms with van der Waals surface area (Å²) in [6, 6.07) is 12.2. The highest BCUT2D eigenvalue weighted by Crippen LogP contribution is 2.09. The van der Waals surface area contributed by atoms with Gasteiger partial charge in [0.15, 0.2) is 0 Å². The van der Waals surface area contributed by atoms with Gasteiger partial charge in [-0.1, -0.05) is 18.2 Å². The SMILES string of the molecule is OB(O)c1ccc(OCc2ccccn2)cc1. The highest BCUT2D eigenvalue weighted by Gasteiger charge is 2.09. The predicted molar refractivity (Wildman–Crippen MR) is 64.8 cm³/mol. The van der Waals surface area contributed by atoms with Gasteiger partial charge in [0, 0.05) is 6.20 Å². The summed E-state index contributed by atoms with van der Waals surface area (Å²) in [5.74, 6) is 0.667. The van der Waals surface area contributed by atoms with Crippen LogP contribution in [0.25, 0.3) is 0 Å². The van der Waals surface area contributed by atoms with Crippen molar-refractivity contribution < 1.29 is 14.8 Å². The molecule has 17 heavy (non-hydrogen) atoms. The third-order valence-corrected chi connectivity index (χ3v) is 2.29. The van der Waals surface area contributed by atoms with Crippen LogP contribution in [-0.4, -0.2) is 22.2 Å². The summed E-state index contributed by atoms with van der Waals surface area (Å²) in [4.78, 5) is 4.13. The number of ether oxygens (including phenoxy) is 1. The molecule has 0 aliphatic carbocycles. The van der Waals surface area contributed by atoms with Crippen LogP contribution in [0.5, 0.6) is 5.75 Å². The van der Waals surface area contributed by atoms with Gasteiger partial charge in [0.05, 0.1) is 5.69 Å². The molecule has 0 aliphatic heterocycles. The van der Waals surface area contributed by atoms with E-state index < -0.39 is 7.12 Å². The van der Waals surface area contributed by atoms with Crippen LogP contribution >= 0.6 is 0 Å². The number of pyridine rings is 1. The Balaban J connectivity index is 1.96. The lowest BCUT2D eigenvalue weighted by molar-refractivity contribution is 0.301. The van der Waals surface area contributed by atoms with Crippen LogP contribution in [0.15, 0.2) is 48.7 Å². The van der Waals surface area contributed by atoms with Crippen LogP contribution < -0.4 is 10.2 Å². The summed E-state index contributed by atoms with van der Waals surface area (Å²) in [5.41, 5.74) is 1.29. The van der Waals surface area contributed by atoms with Crippen molar-refractivity contribution in [2.75, 3.05) is 0 Å². The highest BCUT2D eigenvalue weighted by atomic mass is 16.5. The zero-order valence-corrected chi connectivity index (χ0v) is 9.15. The molecule has 4 nitrogen and oxygen atoms in total. The fourth-order valence-electron chi connectivity index (χ4n) is 1.38. The Morgan fingerprint density at radius 2 is 1.82 bits per heavy atom. The molecule has 0 bridgehead atoms. The van der Waals surface area contributed by atoms with E-state index >= 15 is 0 Å². The first kappa shape index (κ1) is 11.6. The van der Waals surface area contributed by atoms with E-state index in [9.17, 15) is 0 Å². The van der Waals surface area contributed by atoms with E-state index in [1.165, 1.54) is 0 Å². The number of rotatable bonds is 4. The van der Waals surface area contributed by atoms with Gasteiger partial charge in [0.1, 0.15) is 12.4 Å². The maximum atomic E-state index is 8.93. The molecule has 1 aromatic carbocycles. The maximum Gasteiger partial charge on any atom is 0.488 e. The van der Waals surface area contributed by atoms with Crippen molar-refractivity contribution in [2.24, 2.45) is 0 Å². The van der Waals surface area contributed by atoms with Gasteiger partial charge in [0.25, 0.3) is 0 Å². The molecule has 0 fully saturated rings. The van der Waals surface area contributed by atoms with Crippen molar-refractivity contribution in [1.29, 1.82) is 0 Å². The Hall–Kier alpha value is -1.85. The van der Waals surface area contributed by atoms with Crippen molar-refractivity contribution >= 4 is 12.6 Å². The minimum Gasteiger partial charge on any atom is -0.487 e. The number of nitrogens with zero attached hydrogens (tertiary/aromatic N) is 1. The first-order valence-corrected chi connectivity index (χ1v) is 5.24. The topological polar surface area (TPSA) is 62.6 Å². The molecule has 0 amide bonds. The fourth-order valence-corrected chi connectivity index (χ4v) is 1.38. The standard InChI is InChI=1S/C12H12BNO3/c15-13(16)10-4-6-12(7-5-10)17-9-11-3-1-2-8-14-11/h1-8,15-16H,9H2. The first-order valence-electron chi connectivity index (χ1n) is 5.24. The Labute approximate surface area is 99.7 Å². The number of aromatic nitrogens is 1. The molecule has 5 heteroatoms. The van der Waals surface area contributed by atoms with Gasteiger partial charge < -0.3 is 14.8 Å². The van der Waals surface area contributed by atoms with Crippen molar-refractivity contribution in [1.82, 2.24) is 4.98 Å². The van der Waals surface area contributed by atoms with Crippen LogP contribution in [-0.2, 0) is 6.61 Å². The molecule has 2 rings (SSSR count). The summed E-state index contributed by atoms with van der Waals surface area (Å²) in [7, 11) is -1.44. The summed E-state index contributed by atoms with van der Waals surface area (Å²) in [6.07, 6.45) is 1.71. The number of hydrogen-bond acceptors (Lipinski definition) is 4.